The second-order valence-corrected chi connectivity index (χ2v) is 4.37. The molecule has 0 atom stereocenters. The largest absolute Gasteiger partial charge is 0.451 e. The summed E-state index contributed by atoms with van der Waals surface area (Å²) in [4.78, 5) is 21.3. The number of hydrogen-bond donors (Lipinski definition) is 1. The second-order valence-electron chi connectivity index (χ2n) is 3.51. The Morgan fingerprint density at radius 2 is 1.95 bits per heavy atom. The third-order valence-corrected chi connectivity index (χ3v) is 2.75. The number of nitrogens with one attached hydrogen (secondary N) is 1. The monoisotopic (exact) mass is 288 g/mol. The first-order chi connectivity index (χ1) is 8.86. The number of amides is 1. The van der Waals surface area contributed by atoms with Crippen LogP contribution in [-0.4, -0.2) is 20.9 Å². The van der Waals surface area contributed by atoms with E-state index in [1.165, 1.54) is 6.92 Å². The maximum Gasteiger partial charge on any atom is 0.451 e. The van der Waals surface area contributed by atoms with Gasteiger partial charge in [-0.2, -0.15) is 13.2 Å². The van der Waals surface area contributed by atoms with Crippen LogP contribution >= 0.6 is 11.3 Å². The van der Waals surface area contributed by atoms with Crippen LogP contribution in [0.4, 0.5) is 18.3 Å². The van der Waals surface area contributed by atoms with Crippen molar-refractivity contribution in [3.05, 3.63) is 23.6 Å². The molecule has 0 aliphatic rings. The molecule has 0 saturated heterocycles. The molecule has 1 N–H and O–H groups in total. The Morgan fingerprint density at radius 3 is 2.47 bits per heavy atom. The molecule has 0 unspecified atom stereocenters. The number of alkyl halides is 3. The maximum atomic E-state index is 12.3. The lowest BCUT2D eigenvalue weighted by Crippen LogP contribution is -2.10. The van der Waals surface area contributed by atoms with E-state index in [1.807, 2.05) is 0 Å². The number of aromatic nitrogens is 3. The van der Waals surface area contributed by atoms with E-state index in [-0.39, 0.29) is 5.91 Å². The number of hydrogen-bond acceptors (Lipinski definition) is 5. The highest BCUT2D eigenvalue weighted by atomic mass is 32.1. The van der Waals surface area contributed by atoms with Gasteiger partial charge in [0.25, 0.3) is 0 Å². The van der Waals surface area contributed by atoms with Gasteiger partial charge in [0.05, 0.1) is 5.69 Å². The molecular weight excluding hydrogens is 281 g/mol. The first-order valence-corrected chi connectivity index (χ1v) is 5.87. The van der Waals surface area contributed by atoms with Crippen LogP contribution in [0, 0.1) is 0 Å². The molecule has 19 heavy (non-hydrogen) atoms. The number of nitrogens with zero attached hydrogens (tertiary/aromatic N) is 3. The van der Waals surface area contributed by atoms with Crippen LogP contribution in [0.25, 0.3) is 11.3 Å². The third kappa shape index (κ3) is 3.25. The molecule has 1 amide bonds. The van der Waals surface area contributed by atoms with E-state index < -0.39 is 12.0 Å². The first kappa shape index (κ1) is 13.4. The van der Waals surface area contributed by atoms with Crippen molar-refractivity contribution in [1.29, 1.82) is 0 Å². The molecule has 0 radical (unpaired) electrons. The minimum Gasteiger partial charge on any atom is -0.302 e. The molecule has 2 heterocycles. The number of carbonyl (C=O) groups is 1. The summed E-state index contributed by atoms with van der Waals surface area (Å²) in [6, 6.07) is 0. The number of thiazole rings is 1. The van der Waals surface area contributed by atoms with Crippen molar-refractivity contribution >= 4 is 22.4 Å². The van der Waals surface area contributed by atoms with Gasteiger partial charge in [0, 0.05) is 30.3 Å². The Balaban J connectivity index is 2.23. The van der Waals surface area contributed by atoms with E-state index in [2.05, 4.69) is 20.3 Å². The highest BCUT2D eigenvalue weighted by Crippen LogP contribution is 2.28. The van der Waals surface area contributed by atoms with Crippen molar-refractivity contribution in [1.82, 2.24) is 15.0 Å². The van der Waals surface area contributed by atoms with Gasteiger partial charge in [0.15, 0.2) is 5.13 Å². The molecule has 5 nitrogen and oxygen atoms in total. The van der Waals surface area contributed by atoms with Crippen LogP contribution in [0.3, 0.4) is 0 Å². The average Bonchev–Trinajstić information content (AvgIpc) is 2.75. The molecule has 0 aliphatic carbocycles. The summed E-state index contributed by atoms with van der Waals surface area (Å²) in [6.07, 6.45) is -2.48. The van der Waals surface area contributed by atoms with E-state index in [9.17, 15) is 18.0 Å². The number of anilines is 1. The quantitative estimate of drug-likeness (QED) is 0.922. The van der Waals surface area contributed by atoms with Crippen LogP contribution in [0.5, 0.6) is 0 Å². The highest BCUT2D eigenvalue weighted by Gasteiger charge is 2.34. The van der Waals surface area contributed by atoms with Crippen molar-refractivity contribution < 1.29 is 18.0 Å². The third-order valence-electron chi connectivity index (χ3n) is 1.99. The Hall–Kier alpha value is -2.03. The zero-order chi connectivity index (χ0) is 14.0. The van der Waals surface area contributed by atoms with Crippen molar-refractivity contribution in [2.75, 3.05) is 5.32 Å². The van der Waals surface area contributed by atoms with Crippen LogP contribution in [0.1, 0.15) is 12.7 Å². The minimum atomic E-state index is -4.57. The Kier molecular flexibility index (Phi) is 3.47. The van der Waals surface area contributed by atoms with Gasteiger partial charge in [0.1, 0.15) is 0 Å². The van der Waals surface area contributed by atoms with Crippen LogP contribution < -0.4 is 5.32 Å². The van der Waals surface area contributed by atoms with Crippen LogP contribution in [0.15, 0.2) is 17.8 Å². The maximum absolute atomic E-state index is 12.3. The lowest BCUT2D eigenvalue weighted by Gasteiger charge is -2.03. The van der Waals surface area contributed by atoms with E-state index >= 15 is 0 Å². The Morgan fingerprint density at radius 1 is 1.32 bits per heavy atom. The van der Waals surface area contributed by atoms with E-state index in [0.29, 0.717) is 16.4 Å². The second kappa shape index (κ2) is 4.92. The predicted octanol–water partition coefficient (Wildman–Crippen LogP) is 2.58. The zero-order valence-corrected chi connectivity index (χ0v) is 10.3. The predicted molar refractivity (Wildman–Crippen MR) is 62.4 cm³/mol. The topological polar surface area (TPSA) is 67.8 Å². The molecule has 0 bridgehead atoms. The van der Waals surface area contributed by atoms with E-state index in [0.717, 1.165) is 23.7 Å². The molecule has 2 aromatic heterocycles. The number of carbonyl (C=O) groups excluding carboxylic acids is 1. The lowest BCUT2D eigenvalue weighted by molar-refractivity contribution is -0.145. The summed E-state index contributed by atoms with van der Waals surface area (Å²) in [5, 5.41) is 4.44. The van der Waals surface area contributed by atoms with Crippen molar-refractivity contribution in [2.45, 2.75) is 13.1 Å². The van der Waals surface area contributed by atoms with Crippen LogP contribution in [0.2, 0.25) is 0 Å². The van der Waals surface area contributed by atoms with E-state index in [1.54, 1.807) is 5.38 Å². The van der Waals surface area contributed by atoms with Crippen molar-refractivity contribution in [3.8, 4) is 11.3 Å². The smallest absolute Gasteiger partial charge is 0.302 e. The fourth-order valence-corrected chi connectivity index (χ4v) is 1.99. The number of rotatable bonds is 2. The summed E-state index contributed by atoms with van der Waals surface area (Å²) in [6.45, 7) is 1.34. The molecule has 2 rings (SSSR count). The molecular formula is C10H7F3N4OS. The highest BCUT2D eigenvalue weighted by molar-refractivity contribution is 7.14. The molecule has 0 saturated carbocycles. The normalized spacial score (nSPS) is 11.4. The fraction of sp³-hybridized carbons (Fsp3) is 0.200. The van der Waals surface area contributed by atoms with Gasteiger partial charge in [-0.15, -0.1) is 11.3 Å². The average molecular weight is 288 g/mol. The molecule has 9 heteroatoms. The Bertz CT molecular complexity index is 594. The summed E-state index contributed by atoms with van der Waals surface area (Å²) in [5.74, 6) is -1.47. The van der Waals surface area contributed by atoms with Gasteiger partial charge in [-0.25, -0.2) is 15.0 Å². The Labute approximate surface area is 109 Å². The molecule has 0 aromatic carbocycles. The lowest BCUT2D eigenvalue weighted by atomic mass is 10.3. The molecule has 100 valence electrons. The SMILES string of the molecule is CC(=O)Nc1nc(-c2cnc(C(F)(F)F)nc2)cs1. The first-order valence-electron chi connectivity index (χ1n) is 4.99. The number of halogens is 3. The molecule has 0 aliphatic heterocycles. The van der Waals surface area contributed by atoms with Crippen LogP contribution in [-0.2, 0) is 11.0 Å². The zero-order valence-electron chi connectivity index (χ0n) is 9.52. The van der Waals surface area contributed by atoms with E-state index in [4.69, 9.17) is 0 Å². The fourth-order valence-electron chi connectivity index (χ4n) is 1.22. The molecule has 0 spiro atoms. The van der Waals surface area contributed by atoms with Gasteiger partial charge >= 0.3 is 6.18 Å². The van der Waals surface area contributed by atoms with Crippen molar-refractivity contribution in [2.24, 2.45) is 0 Å². The molecule has 2 aromatic rings. The summed E-state index contributed by atoms with van der Waals surface area (Å²) >= 11 is 1.16. The minimum absolute atomic E-state index is 0.274. The van der Waals surface area contributed by atoms with Gasteiger partial charge in [0.2, 0.25) is 11.7 Å². The van der Waals surface area contributed by atoms with Gasteiger partial charge in [-0.05, 0) is 0 Å². The summed E-state index contributed by atoms with van der Waals surface area (Å²) in [5.41, 5.74) is 0.753. The summed E-state index contributed by atoms with van der Waals surface area (Å²) in [7, 11) is 0. The molecule has 0 fully saturated rings. The van der Waals surface area contributed by atoms with Gasteiger partial charge in [-0.1, -0.05) is 0 Å². The van der Waals surface area contributed by atoms with Gasteiger partial charge in [-0.3, -0.25) is 4.79 Å². The van der Waals surface area contributed by atoms with Gasteiger partial charge < -0.3 is 5.32 Å². The summed E-state index contributed by atoms with van der Waals surface area (Å²) < 4.78 is 36.9. The standard InChI is InChI=1S/C10H7F3N4OS/c1-5(18)16-9-17-7(4-19-9)6-2-14-8(15-3-6)10(11,12)13/h2-4H,1H3,(H,16,17,18). The van der Waals surface area contributed by atoms with Crippen molar-refractivity contribution in [3.63, 3.8) is 0 Å².